The number of carbonyl (C=O) groups is 1. The molecular weight excluding hydrogens is 234 g/mol. The van der Waals surface area contributed by atoms with Gasteiger partial charge in [-0.05, 0) is 30.5 Å². The summed E-state index contributed by atoms with van der Waals surface area (Å²) in [5.74, 6) is 2.60. The molecule has 1 amide bonds. The summed E-state index contributed by atoms with van der Waals surface area (Å²) < 4.78 is 0. The van der Waals surface area contributed by atoms with Gasteiger partial charge in [0.15, 0.2) is 0 Å². The normalized spacial score (nSPS) is 9.65. The third-order valence-electron chi connectivity index (χ3n) is 2.32. The highest BCUT2D eigenvalue weighted by molar-refractivity contribution is 6.30. The van der Waals surface area contributed by atoms with E-state index in [9.17, 15) is 4.79 Å². The Balaban J connectivity index is 2.23. The molecule has 1 aromatic rings. The molecular formula is C14H16ClNO. The molecule has 0 heterocycles. The van der Waals surface area contributed by atoms with Crippen molar-refractivity contribution in [1.82, 2.24) is 5.32 Å². The van der Waals surface area contributed by atoms with Crippen molar-refractivity contribution in [2.24, 2.45) is 0 Å². The summed E-state index contributed by atoms with van der Waals surface area (Å²) in [5, 5.41) is 3.52. The second-order valence-corrected chi connectivity index (χ2v) is 4.25. The highest BCUT2D eigenvalue weighted by atomic mass is 35.5. The van der Waals surface area contributed by atoms with Crippen LogP contribution in [-0.2, 0) is 11.2 Å². The first-order valence-electron chi connectivity index (χ1n) is 5.67. The number of hydrogen-bond acceptors (Lipinski definition) is 1. The van der Waals surface area contributed by atoms with Gasteiger partial charge in [0.1, 0.15) is 0 Å². The van der Waals surface area contributed by atoms with Crippen LogP contribution >= 0.6 is 11.6 Å². The summed E-state index contributed by atoms with van der Waals surface area (Å²) >= 11 is 5.84. The lowest BCUT2D eigenvalue weighted by atomic mass is 10.1. The van der Waals surface area contributed by atoms with Gasteiger partial charge in [-0.2, -0.15) is 0 Å². The Kier molecular flexibility index (Phi) is 6.21. The van der Waals surface area contributed by atoms with E-state index in [4.69, 9.17) is 18.0 Å². The smallest absolute Gasteiger partial charge is 0.224 e. The van der Waals surface area contributed by atoms with Crippen molar-refractivity contribution in [3.8, 4) is 12.3 Å². The molecule has 0 aliphatic heterocycles. The van der Waals surface area contributed by atoms with Crippen LogP contribution in [-0.4, -0.2) is 12.5 Å². The number of terminal acetylenes is 1. The average Bonchev–Trinajstić information content (AvgIpc) is 2.29. The summed E-state index contributed by atoms with van der Waals surface area (Å²) in [4.78, 5) is 11.6. The first-order chi connectivity index (χ1) is 8.22. The van der Waals surface area contributed by atoms with Crippen molar-refractivity contribution in [2.75, 3.05) is 6.54 Å². The van der Waals surface area contributed by atoms with Crippen LogP contribution in [0.15, 0.2) is 24.3 Å². The molecule has 0 aliphatic rings. The Hall–Kier alpha value is -1.46. The van der Waals surface area contributed by atoms with Crippen molar-refractivity contribution in [1.29, 1.82) is 0 Å². The van der Waals surface area contributed by atoms with Gasteiger partial charge in [0.05, 0.1) is 6.42 Å². The molecule has 3 heteroatoms. The zero-order chi connectivity index (χ0) is 12.5. The maximum atomic E-state index is 11.6. The number of carbonyl (C=O) groups excluding carboxylic acids is 1. The van der Waals surface area contributed by atoms with Crippen LogP contribution in [0.2, 0.25) is 5.02 Å². The van der Waals surface area contributed by atoms with Crippen LogP contribution < -0.4 is 5.32 Å². The van der Waals surface area contributed by atoms with Crippen molar-refractivity contribution < 1.29 is 4.79 Å². The lowest BCUT2D eigenvalue weighted by Gasteiger charge is -2.04. The van der Waals surface area contributed by atoms with Gasteiger partial charge in [0.25, 0.3) is 0 Å². The van der Waals surface area contributed by atoms with Gasteiger partial charge in [-0.15, -0.1) is 12.3 Å². The predicted molar refractivity (Wildman–Crippen MR) is 70.8 cm³/mol. The second-order valence-electron chi connectivity index (χ2n) is 3.82. The second kappa shape index (κ2) is 7.76. The molecule has 0 unspecified atom stereocenters. The zero-order valence-electron chi connectivity index (χ0n) is 9.71. The zero-order valence-corrected chi connectivity index (χ0v) is 10.5. The first kappa shape index (κ1) is 13.6. The summed E-state index contributed by atoms with van der Waals surface area (Å²) in [7, 11) is 0. The van der Waals surface area contributed by atoms with Crippen LogP contribution in [0, 0.1) is 12.3 Å². The van der Waals surface area contributed by atoms with Crippen LogP contribution in [0.5, 0.6) is 0 Å². The van der Waals surface area contributed by atoms with E-state index in [1.807, 2.05) is 12.1 Å². The molecule has 2 nitrogen and oxygen atoms in total. The van der Waals surface area contributed by atoms with Crippen LogP contribution in [0.25, 0.3) is 0 Å². The average molecular weight is 250 g/mol. The SMILES string of the molecule is C#CCCCCNC(=O)Cc1cccc(Cl)c1. The maximum Gasteiger partial charge on any atom is 0.224 e. The van der Waals surface area contributed by atoms with E-state index in [2.05, 4.69) is 11.2 Å². The Bertz CT molecular complexity index is 409. The van der Waals surface area contributed by atoms with Crippen LogP contribution in [0.3, 0.4) is 0 Å². The minimum absolute atomic E-state index is 0.0213. The lowest BCUT2D eigenvalue weighted by Crippen LogP contribution is -2.26. The number of halogens is 1. The number of benzene rings is 1. The summed E-state index contributed by atoms with van der Waals surface area (Å²) in [5.41, 5.74) is 0.929. The van der Waals surface area contributed by atoms with Gasteiger partial charge >= 0.3 is 0 Å². The van der Waals surface area contributed by atoms with Crippen LogP contribution in [0.1, 0.15) is 24.8 Å². The summed E-state index contributed by atoms with van der Waals surface area (Å²) in [6.45, 7) is 0.682. The van der Waals surface area contributed by atoms with Gasteiger partial charge in [0.2, 0.25) is 5.91 Å². The summed E-state index contributed by atoms with van der Waals surface area (Å²) in [6, 6.07) is 7.34. The lowest BCUT2D eigenvalue weighted by molar-refractivity contribution is -0.120. The number of amides is 1. The van der Waals surface area contributed by atoms with Crippen LogP contribution in [0.4, 0.5) is 0 Å². The molecule has 0 aromatic heterocycles. The quantitative estimate of drug-likeness (QED) is 0.610. The van der Waals surface area contributed by atoms with E-state index in [0.717, 1.165) is 24.8 Å². The van der Waals surface area contributed by atoms with E-state index in [1.54, 1.807) is 12.1 Å². The molecule has 0 radical (unpaired) electrons. The number of rotatable bonds is 6. The van der Waals surface area contributed by atoms with E-state index in [1.165, 1.54) is 0 Å². The Morgan fingerprint density at radius 1 is 1.41 bits per heavy atom. The van der Waals surface area contributed by atoms with Crippen molar-refractivity contribution in [3.05, 3.63) is 34.9 Å². The Morgan fingerprint density at radius 3 is 2.94 bits per heavy atom. The number of nitrogens with one attached hydrogen (secondary N) is 1. The van der Waals surface area contributed by atoms with Crippen molar-refractivity contribution in [2.45, 2.75) is 25.7 Å². The number of unbranched alkanes of at least 4 members (excludes halogenated alkanes) is 2. The molecule has 0 fully saturated rings. The molecule has 0 saturated carbocycles. The predicted octanol–water partition coefficient (Wildman–Crippen LogP) is 2.80. The van der Waals surface area contributed by atoms with Gasteiger partial charge in [-0.3, -0.25) is 4.79 Å². The fraction of sp³-hybridized carbons (Fsp3) is 0.357. The Morgan fingerprint density at radius 2 is 2.24 bits per heavy atom. The topological polar surface area (TPSA) is 29.1 Å². The minimum atomic E-state index is 0.0213. The van der Waals surface area contributed by atoms with Crippen molar-refractivity contribution >= 4 is 17.5 Å². The standard InChI is InChI=1S/C14H16ClNO/c1-2-3-4-5-9-16-14(17)11-12-7-6-8-13(15)10-12/h1,6-8,10H,3-5,9,11H2,(H,16,17). The molecule has 0 atom stereocenters. The molecule has 90 valence electrons. The first-order valence-corrected chi connectivity index (χ1v) is 6.05. The molecule has 0 bridgehead atoms. The van der Waals surface area contributed by atoms with Gasteiger partial charge < -0.3 is 5.32 Å². The third-order valence-corrected chi connectivity index (χ3v) is 2.56. The molecule has 1 N–H and O–H groups in total. The molecule has 0 spiro atoms. The minimum Gasteiger partial charge on any atom is -0.356 e. The fourth-order valence-corrected chi connectivity index (χ4v) is 1.69. The third kappa shape index (κ3) is 5.99. The fourth-order valence-electron chi connectivity index (χ4n) is 1.47. The Labute approximate surface area is 107 Å². The van der Waals surface area contributed by atoms with E-state index in [-0.39, 0.29) is 5.91 Å². The molecule has 0 aliphatic carbocycles. The molecule has 1 aromatic carbocycles. The van der Waals surface area contributed by atoms with E-state index >= 15 is 0 Å². The highest BCUT2D eigenvalue weighted by Gasteiger charge is 2.02. The monoisotopic (exact) mass is 249 g/mol. The van der Waals surface area contributed by atoms with Gasteiger partial charge in [0, 0.05) is 18.0 Å². The highest BCUT2D eigenvalue weighted by Crippen LogP contribution is 2.10. The van der Waals surface area contributed by atoms with E-state index < -0.39 is 0 Å². The maximum absolute atomic E-state index is 11.6. The molecule has 0 saturated heterocycles. The number of hydrogen-bond donors (Lipinski definition) is 1. The summed E-state index contributed by atoms with van der Waals surface area (Å²) in [6.07, 6.45) is 8.15. The largest absolute Gasteiger partial charge is 0.356 e. The van der Waals surface area contributed by atoms with E-state index in [0.29, 0.717) is 18.0 Å². The molecule has 17 heavy (non-hydrogen) atoms. The van der Waals surface area contributed by atoms with Crippen molar-refractivity contribution in [3.63, 3.8) is 0 Å². The molecule has 1 rings (SSSR count). The van der Waals surface area contributed by atoms with Gasteiger partial charge in [-0.1, -0.05) is 23.7 Å². The van der Waals surface area contributed by atoms with Gasteiger partial charge in [-0.25, -0.2) is 0 Å².